The van der Waals surface area contributed by atoms with Crippen LogP contribution in [0, 0.1) is 11.3 Å². The molecule has 4 nitrogen and oxygen atoms in total. The molecule has 0 aliphatic heterocycles. The molecule has 0 saturated heterocycles. The smallest absolute Gasteiger partial charge is 0.133 e. The summed E-state index contributed by atoms with van der Waals surface area (Å²) in [6.07, 6.45) is 3.27. The molecule has 5 heteroatoms. The Morgan fingerprint density at radius 3 is 2.70 bits per heavy atom. The maximum Gasteiger partial charge on any atom is 0.133 e. The van der Waals surface area contributed by atoms with E-state index in [0.29, 0.717) is 22.6 Å². The van der Waals surface area contributed by atoms with Gasteiger partial charge < -0.3 is 10.5 Å². The monoisotopic (exact) mass is 329 g/mol. The van der Waals surface area contributed by atoms with Gasteiger partial charge in [-0.3, -0.25) is 4.98 Å². The third kappa shape index (κ3) is 2.81. The molecule has 2 aromatic rings. The van der Waals surface area contributed by atoms with Gasteiger partial charge in [-0.2, -0.15) is 5.26 Å². The molecule has 20 heavy (non-hydrogen) atoms. The Morgan fingerprint density at radius 2 is 2.15 bits per heavy atom. The molecule has 2 N–H and O–H groups in total. The molecule has 0 amide bonds. The third-order valence-electron chi connectivity index (χ3n) is 2.79. The number of ether oxygens (including phenoxy) is 1. The minimum absolute atomic E-state index is 0.398. The number of benzene rings is 1. The Balaban J connectivity index is 2.52. The highest BCUT2D eigenvalue weighted by Crippen LogP contribution is 2.29. The number of nitriles is 1. The summed E-state index contributed by atoms with van der Waals surface area (Å²) in [6.45, 7) is 0. The van der Waals surface area contributed by atoms with Crippen LogP contribution in [-0.4, -0.2) is 12.1 Å². The van der Waals surface area contributed by atoms with E-state index in [4.69, 9.17) is 10.5 Å². The Bertz CT molecular complexity index is 690. The highest BCUT2D eigenvalue weighted by Gasteiger charge is 2.10. The lowest BCUT2D eigenvalue weighted by Crippen LogP contribution is -2.01. The Morgan fingerprint density at radius 1 is 1.35 bits per heavy atom. The van der Waals surface area contributed by atoms with E-state index in [1.54, 1.807) is 37.7 Å². The average Bonchev–Trinajstić information content (AvgIpc) is 2.49. The van der Waals surface area contributed by atoms with Gasteiger partial charge in [0, 0.05) is 23.5 Å². The third-order valence-corrected chi connectivity index (χ3v) is 3.41. The van der Waals surface area contributed by atoms with Crippen LogP contribution in [-0.2, 0) is 0 Å². The van der Waals surface area contributed by atoms with Crippen molar-refractivity contribution in [3.63, 3.8) is 0 Å². The van der Waals surface area contributed by atoms with Crippen LogP contribution in [0.15, 0.2) is 47.2 Å². The second-order valence-corrected chi connectivity index (χ2v) is 4.85. The summed E-state index contributed by atoms with van der Waals surface area (Å²) in [5.74, 6) is 0.710. The molecule has 0 unspecified atom stereocenters. The summed E-state index contributed by atoms with van der Waals surface area (Å²) in [6, 6.07) is 11.1. The molecule has 2 rings (SSSR count). The molecule has 0 aliphatic rings. The van der Waals surface area contributed by atoms with Crippen molar-refractivity contribution in [2.75, 3.05) is 7.11 Å². The van der Waals surface area contributed by atoms with Crippen LogP contribution in [0.3, 0.4) is 0 Å². The van der Waals surface area contributed by atoms with Crippen LogP contribution < -0.4 is 10.5 Å². The lowest BCUT2D eigenvalue weighted by molar-refractivity contribution is 0.412. The van der Waals surface area contributed by atoms with Gasteiger partial charge in [-0.25, -0.2) is 0 Å². The molecule has 0 radical (unpaired) electrons. The van der Waals surface area contributed by atoms with Crippen molar-refractivity contribution in [1.29, 1.82) is 5.26 Å². The van der Waals surface area contributed by atoms with Gasteiger partial charge in [0.05, 0.1) is 22.9 Å². The van der Waals surface area contributed by atoms with Gasteiger partial charge in [-0.05, 0) is 40.2 Å². The molecule has 0 fully saturated rings. The second-order valence-electron chi connectivity index (χ2n) is 3.99. The van der Waals surface area contributed by atoms with Crippen molar-refractivity contribution in [3.05, 3.63) is 58.3 Å². The first-order valence-electron chi connectivity index (χ1n) is 5.81. The van der Waals surface area contributed by atoms with Crippen molar-refractivity contribution in [3.8, 4) is 11.8 Å². The number of methoxy groups -OCH3 is 1. The van der Waals surface area contributed by atoms with Crippen molar-refractivity contribution in [2.45, 2.75) is 0 Å². The Labute approximate surface area is 125 Å². The predicted octanol–water partition coefficient (Wildman–Crippen LogP) is 3.20. The van der Waals surface area contributed by atoms with Crippen LogP contribution in [0.1, 0.15) is 11.1 Å². The summed E-state index contributed by atoms with van der Waals surface area (Å²) in [5, 5.41) is 9.33. The van der Waals surface area contributed by atoms with E-state index in [1.807, 2.05) is 12.1 Å². The van der Waals surface area contributed by atoms with Gasteiger partial charge in [0.2, 0.25) is 0 Å². The molecule has 1 aromatic heterocycles. The highest BCUT2D eigenvalue weighted by molar-refractivity contribution is 9.10. The lowest BCUT2D eigenvalue weighted by Gasteiger charge is -2.09. The van der Waals surface area contributed by atoms with E-state index in [2.05, 4.69) is 27.0 Å². The maximum absolute atomic E-state index is 9.33. The van der Waals surface area contributed by atoms with Crippen LogP contribution in [0.5, 0.6) is 5.75 Å². The number of hydrogen-bond donors (Lipinski definition) is 1. The molecular formula is C15H12BrN3O. The van der Waals surface area contributed by atoms with E-state index in [9.17, 15) is 5.26 Å². The predicted molar refractivity (Wildman–Crippen MR) is 81.5 cm³/mol. The molecular weight excluding hydrogens is 318 g/mol. The number of allylic oxidation sites excluding steroid dienone is 1. The minimum atomic E-state index is 0.398. The molecule has 100 valence electrons. The zero-order valence-electron chi connectivity index (χ0n) is 10.8. The molecule has 0 spiro atoms. The maximum atomic E-state index is 9.33. The molecule has 1 aromatic carbocycles. The summed E-state index contributed by atoms with van der Waals surface area (Å²) in [7, 11) is 1.59. The fourth-order valence-corrected chi connectivity index (χ4v) is 2.31. The van der Waals surface area contributed by atoms with Gasteiger partial charge >= 0.3 is 0 Å². The van der Waals surface area contributed by atoms with E-state index in [1.165, 1.54) is 0 Å². The van der Waals surface area contributed by atoms with Crippen molar-refractivity contribution < 1.29 is 4.74 Å². The summed E-state index contributed by atoms with van der Waals surface area (Å²) >= 11 is 3.40. The topological polar surface area (TPSA) is 71.9 Å². The SMILES string of the molecule is COc1ccc(/C(N)=C(/C#N)c2cccnc2)cc1Br. The first-order valence-corrected chi connectivity index (χ1v) is 6.61. The zero-order valence-corrected chi connectivity index (χ0v) is 12.4. The van der Waals surface area contributed by atoms with Crippen molar-refractivity contribution >= 4 is 27.2 Å². The van der Waals surface area contributed by atoms with E-state index >= 15 is 0 Å². The van der Waals surface area contributed by atoms with Gasteiger partial charge in [0.15, 0.2) is 0 Å². The minimum Gasteiger partial charge on any atom is -0.496 e. The van der Waals surface area contributed by atoms with Gasteiger partial charge in [-0.15, -0.1) is 0 Å². The van der Waals surface area contributed by atoms with E-state index < -0.39 is 0 Å². The van der Waals surface area contributed by atoms with Crippen LogP contribution in [0.4, 0.5) is 0 Å². The highest BCUT2D eigenvalue weighted by atomic mass is 79.9. The number of nitrogens with two attached hydrogens (primary N) is 1. The largest absolute Gasteiger partial charge is 0.496 e. The van der Waals surface area contributed by atoms with E-state index in [-0.39, 0.29) is 0 Å². The summed E-state index contributed by atoms with van der Waals surface area (Å²) in [4.78, 5) is 4.00. The number of hydrogen-bond acceptors (Lipinski definition) is 4. The molecule has 1 heterocycles. The normalized spacial score (nSPS) is 11.4. The number of halogens is 1. The van der Waals surface area contributed by atoms with Crippen molar-refractivity contribution in [2.24, 2.45) is 5.73 Å². The number of pyridine rings is 1. The van der Waals surface area contributed by atoms with Gasteiger partial charge in [0.25, 0.3) is 0 Å². The summed E-state index contributed by atoms with van der Waals surface area (Å²) in [5.41, 5.74) is 8.36. The van der Waals surface area contributed by atoms with E-state index in [0.717, 1.165) is 10.0 Å². The van der Waals surface area contributed by atoms with Crippen molar-refractivity contribution in [1.82, 2.24) is 4.98 Å². The lowest BCUT2D eigenvalue weighted by atomic mass is 10.0. The fourth-order valence-electron chi connectivity index (χ4n) is 1.77. The summed E-state index contributed by atoms with van der Waals surface area (Å²) < 4.78 is 5.95. The first kappa shape index (κ1) is 14.1. The molecule has 0 bridgehead atoms. The zero-order chi connectivity index (χ0) is 14.5. The van der Waals surface area contributed by atoms with Crippen LogP contribution >= 0.6 is 15.9 Å². The molecule has 0 saturated carbocycles. The Hall–Kier alpha value is -2.32. The number of rotatable bonds is 3. The first-order chi connectivity index (χ1) is 9.67. The van der Waals surface area contributed by atoms with Gasteiger partial charge in [-0.1, -0.05) is 6.07 Å². The number of aromatic nitrogens is 1. The quantitative estimate of drug-likeness (QED) is 0.877. The van der Waals surface area contributed by atoms with Crippen LogP contribution in [0.25, 0.3) is 11.3 Å². The van der Waals surface area contributed by atoms with Crippen LogP contribution in [0.2, 0.25) is 0 Å². The fraction of sp³-hybridized carbons (Fsp3) is 0.0667. The molecule has 0 aliphatic carbocycles. The Kier molecular flexibility index (Phi) is 4.38. The second kappa shape index (κ2) is 6.22. The number of nitrogens with zero attached hydrogens (tertiary/aromatic N) is 2. The average molecular weight is 330 g/mol. The van der Waals surface area contributed by atoms with Gasteiger partial charge in [0.1, 0.15) is 11.8 Å². The molecule has 0 atom stereocenters. The standard InChI is InChI=1S/C15H12BrN3O/c1-20-14-5-4-10(7-13(14)16)15(18)12(8-17)11-3-2-6-19-9-11/h2-7,9H,18H2,1H3/b15-12+.